The Morgan fingerprint density at radius 3 is 2.72 bits per heavy atom. The topological polar surface area (TPSA) is 63.9 Å². The zero-order chi connectivity index (χ0) is 22.8. The molecule has 0 radical (unpaired) electrons. The van der Waals surface area contributed by atoms with Crippen molar-refractivity contribution < 1.29 is 9.18 Å². The van der Waals surface area contributed by atoms with E-state index >= 15 is 0 Å². The van der Waals surface area contributed by atoms with E-state index in [-0.39, 0.29) is 18.3 Å². The average Bonchev–Trinajstić information content (AvgIpc) is 3.25. The number of rotatable bonds is 6. The van der Waals surface area contributed by atoms with Crippen molar-refractivity contribution in [1.29, 1.82) is 0 Å². The third-order valence-corrected chi connectivity index (χ3v) is 6.93. The van der Waals surface area contributed by atoms with Crippen molar-refractivity contribution in [2.24, 2.45) is 5.92 Å². The Morgan fingerprint density at radius 1 is 1.19 bits per heavy atom. The molecule has 0 spiro atoms. The maximum Gasteiger partial charge on any atom is 0.244 e. The molecule has 0 atom stereocenters. The normalized spacial score (nSPS) is 14.0. The van der Waals surface area contributed by atoms with Crippen LogP contribution in [0, 0.1) is 25.6 Å². The van der Waals surface area contributed by atoms with Gasteiger partial charge in [0.25, 0.3) is 0 Å². The van der Waals surface area contributed by atoms with Crippen LogP contribution in [0.4, 0.5) is 4.39 Å². The Morgan fingerprint density at radius 2 is 1.97 bits per heavy atom. The summed E-state index contributed by atoms with van der Waals surface area (Å²) in [5, 5.41) is 5.75. The van der Waals surface area contributed by atoms with Gasteiger partial charge in [0.2, 0.25) is 5.91 Å². The molecule has 32 heavy (non-hydrogen) atoms. The van der Waals surface area contributed by atoms with Crippen molar-refractivity contribution in [3.63, 3.8) is 0 Å². The van der Waals surface area contributed by atoms with Crippen molar-refractivity contribution in [3.05, 3.63) is 51.0 Å². The quantitative estimate of drug-likeness (QED) is 0.554. The van der Waals surface area contributed by atoms with Gasteiger partial charge >= 0.3 is 0 Å². The molecule has 0 aliphatic carbocycles. The Hall–Kier alpha value is -2.61. The van der Waals surface area contributed by atoms with Crippen LogP contribution in [0.2, 0.25) is 0 Å². The number of thiazole rings is 1. The molecule has 0 N–H and O–H groups in total. The smallest absolute Gasteiger partial charge is 0.244 e. The van der Waals surface area contributed by atoms with Crippen LogP contribution in [0.3, 0.4) is 0 Å². The molecule has 6 nitrogen and oxygen atoms in total. The molecular formula is C24H30FN5OS. The van der Waals surface area contributed by atoms with Crippen LogP contribution in [-0.4, -0.2) is 43.6 Å². The first-order valence-electron chi connectivity index (χ1n) is 11.2. The van der Waals surface area contributed by atoms with Crippen LogP contribution >= 0.6 is 11.3 Å². The van der Waals surface area contributed by atoms with Crippen LogP contribution in [-0.2, 0) is 30.6 Å². The fourth-order valence-electron chi connectivity index (χ4n) is 3.98. The van der Waals surface area contributed by atoms with Crippen LogP contribution < -0.4 is 0 Å². The van der Waals surface area contributed by atoms with Gasteiger partial charge in [-0.15, -0.1) is 11.3 Å². The molecule has 170 valence electrons. The van der Waals surface area contributed by atoms with Crippen LogP contribution in [0.1, 0.15) is 47.2 Å². The second kappa shape index (κ2) is 9.48. The van der Waals surface area contributed by atoms with E-state index in [4.69, 9.17) is 4.98 Å². The van der Waals surface area contributed by atoms with Crippen LogP contribution in [0.15, 0.2) is 18.2 Å². The zero-order valence-electron chi connectivity index (χ0n) is 19.2. The minimum atomic E-state index is -0.247. The number of carbonyl (C=O) groups excluding carboxylic acids is 1. The summed E-state index contributed by atoms with van der Waals surface area (Å²) in [5.74, 6) is 1.66. The van der Waals surface area contributed by atoms with E-state index in [1.54, 1.807) is 35.1 Å². The van der Waals surface area contributed by atoms with Crippen molar-refractivity contribution in [3.8, 4) is 11.4 Å². The fraction of sp³-hybridized carbons (Fsp3) is 0.500. The van der Waals surface area contributed by atoms with Gasteiger partial charge in [-0.05, 0) is 49.9 Å². The second-order valence-corrected chi connectivity index (χ2v) is 10.2. The maximum atomic E-state index is 13.7. The van der Waals surface area contributed by atoms with Gasteiger partial charge in [0.05, 0.1) is 10.7 Å². The van der Waals surface area contributed by atoms with Crippen molar-refractivity contribution in [2.45, 2.75) is 59.9 Å². The molecule has 1 amide bonds. The Labute approximate surface area is 192 Å². The third-order valence-electron chi connectivity index (χ3n) is 5.86. The predicted octanol–water partition coefficient (Wildman–Crippen LogP) is 4.37. The van der Waals surface area contributed by atoms with E-state index < -0.39 is 0 Å². The summed E-state index contributed by atoms with van der Waals surface area (Å²) < 4.78 is 15.5. The van der Waals surface area contributed by atoms with E-state index in [0.29, 0.717) is 30.4 Å². The largest absolute Gasteiger partial charge is 0.340 e. The Bertz CT molecular complexity index is 1090. The van der Waals surface area contributed by atoms with E-state index in [2.05, 4.69) is 23.9 Å². The molecule has 2 aromatic heterocycles. The summed E-state index contributed by atoms with van der Waals surface area (Å²) in [6.45, 7) is 9.64. The van der Waals surface area contributed by atoms with E-state index in [1.807, 2.05) is 11.8 Å². The minimum Gasteiger partial charge on any atom is -0.340 e. The first kappa shape index (κ1) is 22.6. The van der Waals surface area contributed by atoms with Gasteiger partial charge < -0.3 is 4.90 Å². The standard InChI is InChI=1S/C24H30FN5OS/c1-15(2)5-8-22-27-24(18-6-7-19(25)16(3)13-18)28-30(22)14-23(31)29-11-9-20-21(10-12-29)32-17(4)26-20/h6-7,13,15H,5,8-12,14H2,1-4H3. The summed E-state index contributed by atoms with van der Waals surface area (Å²) in [7, 11) is 0. The van der Waals surface area contributed by atoms with Gasteiger partial charge in [0, 0.05) is 42.8 Å². The number of amides is 1. The molecule has 3 aromatic rings. The number of nitrogens with zero attached hydrogens (tertiary/aromatic N) is 5. The van der Waals surface area contributed by atoms with Gasteiger partial charge in [-0.3, -0.25) is 4.79 Å². The maximum absolute atomic E-state index is 13.7. The highest BCUT2D eigenvalue weighted by molar-refractivity contribution is 7.11. The highest BCUT2D eigenvalue weighted by Crippen LogP contribution is 2.23. The van der Waals surface area contributed by atoms with Gasteiger partial charge in [-0.25, -0.2) is 19.0 Å². The SMILES string of the molecule is Cc1nc2c(s1)CCN(C(=O)Cn1nc(-c3ccc(F)c(C)c3)nc1CCC(C)C)CC2. The zero-order valence-corrected chi connectivity index (χ0v) is 20.0. The first-order valence-corrected chi connectivity index (χ1v) is 12.0. The monoisotopic (exact) mass is 455 g/mol. The number of aromatic nitrogens is 4. The van der Waals surface area contributed by atoms with E-state index in [1.165, 1.54) is 10.9 Å². The summed E-state index contributed by atoms with van der Waals surface area (Å²) in [6, 6.07) is 4.89. The minimum absolute atomic E-state index is 0.0504. The molecule has 0 bridgehead atoms. The Kier molecular flexibility index (Phi) is 6.69. The number of benzene rings is 1. The number of aryl methyl sites for hydroxylation is 3. The van der Waals surface area contributed by atoms with Crippen molar-refractivity contribution in [1.82, 2.24) is 24.6 Å². The second-order valence-electron chi connectivity index (χ2n) is 8.89. The molecule has 3 heterocycles. The summed E-state index contributed by atoms with van der Waals surface area (Å²) in [4.78, 5) is 25.7. The average molecular weight is 456 g/mol. The molecule has 1 aliphatic rings. The summed E-state index contributed by atoms with van der Waals surface area (Å²) in [5.41, 5.74) is 2.45. The molecule has 0 saturated heterocycles. The summed E-state index contributed by atoms with van der Waals surface area (Å²) >= 11 is 1.73. The molecule has 8 heteroatoms. The summed E-state index contributed by atoms with van der Waals surface area (Å²) in [6.07, 6.45) is 3.36. The van der Waals surface area contributed by atoms with E-state index in [0.717, 1.165) is 47.8 Å². The lowest BCUT2D eigenvalue weighted by atomic mass is 10.1. The fourth-order valence-corrected chi connectivity index (χ4v) is 4.95. The molecule has 1 aromatic carbocycles. The van der Waals surface area contributed by atoms with Gasteiger partial charge in [-0.1, -0.05) is 13.8 Å². The van der Waals surface area contributed by atoms with Crippen LogP contribution in [0.25, 0.3) is 11.4 Å². The van der Waals surface area contributed by atoms with Crippen molar-refractivity contribution >= 4 is 17.2 Å². The predicted molar refractivity (Wildman–Crippen MR) is 124 cm³/mol. The number of halogens is 1. The molecule has 0 unspecified atom stereocenters. The molecular weight excluding hydrogens is 425 g/mol. The number of hydrogen-bond donors (Lipinski definition) is 0. The Balaban J connectivity index is 1.53. The van der Waals surface area contributed by atoms with Gasteiger partial charge in [0.1, 0.15) is 18.2 Å². The number of carbonyl (C=O) groups is 1. The van der Waals surface area contributed by atoms with Crippen molar-refractivity contribution in [2.75, 3.05) is 13.1 Å². The van der Waals surface area contributed by atoms with Gasteiger partial charge in [0.15, 0.2) is 5.82 Å². The highest BCUT2D eigenvalue weighted by atomic mass is 32.1. The number of hydrogen-bond acceptors (Lipinski definition) is 5. The molecule has 0 fully saturated rings. The van der Waals surface area contributed by atoms with Gasteiger partial charge in [-0.2, -0.15) is 5.10 Å². The third kappa shape index (κ3) is 5.06. The van der Waals surface area contributed by atoms with E-state index in [9.17, 15) is 9.18 Å². The lowest BCUT2D eigenvalue weighted by Gasteiger charge is -2.20. The molecule has 4 rings (SSSR count). The highest BCUT2D eigenvalue weighted by Gasteiger charge is 2.23. The molecule has 0 saturated carbocycles. The van der Waals surface area contributed by atoms with Crippen LogP contribution in [0.5, 0.6) is 0 Å². The lowest BCUT2D eigenvalue weighted by molar-refractivity contribution is -0.132. The first-order chi connectivity index (χ1) is 15.3. The molecule has 1 aliphatic heterocycles. The lowest BCUT2D eigenvalue weighted by Crippen LogP contribution is -2.36. The number of fused-ring (bicyclic) bond motifs is 1.